The van der Waals surface area contributed by atoms with Gasteiger partial charge in [-0.25, -0.2) is 0 Å². The van der Waals surface area contributed by atoms with E-state index in [4.69, 9.17) is 4.74 Å². The molecule has 142 valence electrons. The number of hydrogen-bond donors (Lipinski definition) is 2. The average molecular weight is 349 g/mol. The molecule has 4 aliphatic rings. The molecule has 4 rings (SSSR count). The monoisotopic (exact) mass is 348 g/mol. The van der Waals surface area contributed by atoms with Crippen LogP contribution in [-0.4, -0.2) is 61.8 Å². The number of fused-ring (bicyclic) bond motifs is 1. The van der Waals surface area contributed by atoms with Crippen molar-refractivity contribution in [3.8, 4) is 0 Å². The summed E-state index contributed by atoms with van der Waals surface area (Å²) in [5, 5.41) is 7.45. The van der Waals surface area contributed by atoms with Crippen molar-refractivity contribution in [1.29, 1.82) is 0 Å². The first-order valence-corrected chi connectivity index (χ1v) is 10.4. The van der Waals surface area contributed by atoms with E-state index >= 15 is 0 Å². The Labute approximate surface area is 153 Å². The van der Waals surface area contributed by atoms with E-state index in [1.54, 1.807) is 0 Å². The summed E-state index contributed by atoms with van der Waals surface area (Å²) >= 11 is 0. The molecule has 0 aromatic carbocycles. The zero-order chi connectivity index (χ0) is 17.4. The van der Waals surface area contributed by atoms with Crippen molar-refractivity contribution in [3.05, 3.63) is 0 Å². The first-order chi connectivity index (χ1) is 12.1. The molecular weight excluding hydrogens is 312 g/mol. The van der Waals surface area contributed by atoms with Crippen LogP contribution in [0, 0.1) is 11.3 Å². The van der Waals surface area contributed by atoms with Crippen LogP contribution in [0.15, 0.2) is 4.99 Å². The Morgan fingerprint density at radius 1 is 1.08 bits per heavy atom. The fraction of sp³-hybridized carbons (Fsp3) is 0.950. The van der Waals surface area contributed by atoms with Gasteiger partial charge in [0.1, 0.15) is 0 Å². The highest BCUT2D eigenvalue weighted by atomic mass is 16.5. The number of guanidine groups is 1. The van der Waals surface area contributed by atoms with Crippen molar-refractivity contribution in [2.45, 2.75) is 83.0 Å². The number of nitrogens with zero attached hydrogens (tertiary/aromatic N) is 2. The number of likely N-dealkylation sites (tertiary alicyclic amines) is 1. The molecule has 5 nitrogen and oxygen atoms in total. The van der Waals surface area contributed by atoms with E-state index in [0.717, 1.165) is 18.6 Å². The number of hydrogen-bond acceptors (Lipinski definition) is 3. The molecule has 0 spiro atoms. The lowest BCUT2D eigenvalue weighted by atomic mass is 9.55. The van der Waals surface area contributed by atoms with Crippen molar-refractivity contribution in [2.24, 2.45) is 16.3 Å². The van der Waals surface area contributed by atoms with Crippen LogP contribution in [0.4, 0.5) is 0 Å². The SMILES string of the molecule is CN=C(NC1CCN(C2CCCC2)C1)NC1C2CCCOC2C1(C)C. The van der Waals surface area contributed by atoms with Crippen LogP contribution in [0.3, 0.4) is 0 Å². The highest BCUT2D eigenvalue weighted by Crippen LogP contribution is 2.51. The number of rotatable bonds is 3. The molecule has 25 heavy (non-hydrogen) atoms. The molecule has 0 bridgehead atoms. The largest absolute Gasteiger partial charge is 0.377 e. The van der Waals surface area contributed by atoms with Gasteiger partial charge in [-0.1, -0.05) is 26.7 Å². The smallest absolute Gasteiger partial charge is 0.191 e. The Morgan fingerprint density at radius 3 is 2.64 bits per heavy atom. The third kappa shape index (κ3) is 3.30. The average Bonchev–Trinajstić information content (AvgIpc) is 3.29. The number of nitrogens with one attached hydrogen (secondary N) is 2. The Bertz CT molecular complexity index is 500. The van der Waals surface area contributed by atoms with Crippen LogP contribution >= 0.6 is 0 Å². The topological polar surface area (TPSA) is 48.9 Å². The summed E-state index contributed by atoms with van der Waals surface area (Å²) in [7, 11) is 1.90. The van der Waals surface area contributed by atoms with Gasteiger partial charge in [0, 0.05) is 56.2 Å². The Hall–Kier alpha value is -0.810. The second-order valence-corrected chi connectivity index (χ2v) is 9.18. The molecular formula is C20H36N4O. The van der Waals surface area contributed by atoms with Gasteiger partial charge in [-0.2, -0.15) is 0 Å². The Balaban J connectivity index is 1.31. The lowest BCUT2D eigenvalue weighted by Gasteiger charge is -2.60. The van der Waals surface area contributed by atoms with E-state index in [0.29, 0.717) is 24.1 Å². The quantitative estimate of drug-likeness (QED) is 0.607. The molecule has 2 aliphatic carbocycles. The lowest BCUT2D eigenvalue weighted by molar-refractivity contribution is -0.188. The molecule has 4 fully saturated rings. The minimum absolute atomic E-state index is 0.189. The third-order valence-electron chi connectivity index (χ3n) is 7.25. The summed E-state index contributed by atoms with van der Waals surface area (Å²) < 4.78 is 6.04. The predicted molar refractivity (Wildman–Crippen MR) is 102 cm³/mol. The van der Waals surface area contributed by atoms with Gasteiger partial charge >= 0.3 is 0 Å². The van der Waals surface area contributed by atoms with Crippen molar-refractivity contribution < 1.29 is 4.74 Å². The van der Waals surface area contributed by atoms with E-state index in [-0.39, 0.29) is 5.41 Å². The van der Waals surface area contributed by atoms with Crippen molar-refractivity contribution in [3.63, 3.8) is 0 Å². The van der Waals surface area contributed by atoms with Crippen LogP contribution in [0.25, 0.3) is 0 Å². The Morgan fingerprint density at radius 2 is 1.88 bits per heavy atom. The summed E-state index contributed by atoms with van der Waals surface area (Å²) in [6.45, 7) is 8.02. The van der Waals surface area contributed by atoms with E-state index in [2.05, 4.69) is 34.4 Å². The molecule has 2 saturated heterocycles. The number of aliphatic imine (C=N–C) groups is 1. The maximum absolute atomic E-state index is 6.04. The zero-order valence-corrected chi connectivity index (χ0v) is 16.3. The second kappa shape index (κ2) is 7.07. The first-order valence-electron chi connectivity index (χ1n) is 10.4. The predicted octanol–water partition coefficient (Wildman–Crippen LogP) is 2.37. The maximum atomic E-state index is 6.04. The van der Waals surface area contributed by atoms with Gasteiger partial charge in [-0.05, 0) is 32.1 Å². The van der Waals surface area contributed by atoms with Crippen LogP contribution < -0.4 is 10.6 Å². The van der Waals surface area contributed by atoms with Gasteiger partial charge in [0.2, 0.25) is 0 Å². The van der Waals surface area contributed by atoms with Crippen LogP contribution in [-0.2, 0) is 4.74 Å². The van der Waals surface area contributed by atoms with Gasteiger partial charge in [-0.15, -0.1) is 0 Å². The fourth-order valence-electron chi connectivity index (χ4n) is 5.83. The third-order valence-corrected chi connectivity index (χ3v) is 7.25. The molecule has 4 atom stereocenters. The van der Waals surface area contributed by atoms with Crippen LogP contribution in [0.2, 0.25) is 0 Å². The van der Waals surface area contributed by atoms with Gasteiger partial charge in [0.25, 0.3) is 0 Å². The van der Waals surface area contributed by atoms with Crippen molar-refractivity contribution >= 4 is 5.96 Å². The molecule has 0 aromatic rings. The highest BCUT2D eigenvalue weighted by molar-refractivity contribution is 5.80. The summed E-state index contributed by atoms with van der Waals surface area (Å²) in [5.74, 6) is 1.63. The van der Waals surface area contributed by atoms with Gasteiger partial charge in [0.05, 0.1) is 6.10 Å². The summed E-state index contributed by atoms with van der Waals surface area (Å²) in [6, 6.07) is 1.84. The van der Waals surface area contributed by atoms with E-state index in [9.17, 15) is 0 Å². The minimum atomic E-state index is 0.189. The zero-order valence-electron chi connectivity index (χ0n) is 16.3. The molecule has 2 aliphatic heterocycles. The Kier molecular flexibility index (Phi) is 4.98. The standard InChI is InChI=1S/C20H36N4O/c1-20(2)17(16-9-6-12-25-18(16)20)23-19(21-3)22-14-10-11-24(13-14)15-7-4-5-8-15/h14-18H,4-13H2,1-3H3,(H2,21,22,23). The minimum Gasteiger partial charge on any atom is -0.377 e. The van der Waals surface area contributed by atoms with Crippen molar-refractivity contribution in [2.75, 3.05) is 26.7 Å². The summed E-state index contributed by atoms with van der Waals surface area (Å²) in [6.07, 6.45) is 9.77. The molecule has 0 aromatic heterocycles. The molecule has 2 heterocycles. The first kappa shape index (κ1) is 17.6. The van der Waals surface area contributed by atoms with Gasteiger partial charge < -0.3 is 15.4 Å². The van der Waals surface area contributed by atoms with Crippen LogP contribution in [0.1, 0.15) is 58.8 Å². The molecule has 5 heteroatoms. The molecule has 2 N–H and O–H groups in total. The van der Waals surface area contributed by atoms with Crippen molar-refractivity contribution in [1.82, 2.24) is 15.5 Å². The highest BCUT2D eigenvalue weighted by Gasteiger charge is 2.58. The summed E-state index contributed by atoms with van der Waals surface area (Å²) in [4.78, 5) is 7.24. The second-order valence-electron chi connectivity index (χ2n) is 9.18. The number of ether oxygens (including phenoxy) is 1. The normalized spacial score (nSPS) is 39.1. The molecule has 0 radical (unpaired) electrons. The molecule has 2 saturated carbocycles. The maximum Gasteiger partial charge on any atom is 0.191 e. The van der Waals surface area contributed by atoms with Gasteiger partial charge in [0.15, 0.2) is 5.96 Å². The molecule has 4 unspecified atom stereocenters. The fourth-order valence-corrected chi connectivity index (χ4v) is 5.83. The lowest BCUT2D eigenvalue weighted by Crippen LogP contribution is -2.71. The van der Waals surface area contributed by atoms with Gasteiger partial charge in [-0.3, -0.25) is 9.89 Å². The van der Waals surface area contributed by atoms with Crippen LogP contribution in [0.5, 0.6) is 0 Å². The van der Waals surface area contributed by atoms with E-state index in [1.165, 1.54) is 58.0 Å². The van der Waals surface area contributed by atoms with E-state index < -0.39 is 0 Å². The summed E-state index contributed by atoms with van der Waals surface area (Å²) in [5.41, 5.74) is 0.189. The van der Waals surface area contributed by atoms with E-state index in [1.807, 2.05) is 7.05 Å². The molecule has 0 amide bonds.